The Morgan fingerprint density at radius 3 is 1.86 bits per heavy atom. The van der Waals surface area contributed by atoms with Gasteiger partial charge in [0.1, 0.15) is 5.78 Å². The van der Waals surface area contributed by atoms with Crippen LogP contribution in [0.3, 0.4) is 0 Å². The quantitative estimate of drug-likeness (QED) is 0.695. The minimum Gasteiger partial charge on any atom is -0.299 e. The van der Waals surface area contributed by atoms with E-state index in [1.807, 2.05) is 27.7 Å². The largest absolute Gasteiger partial charge is 0.299 e. The molecule has 0 aromatic carbocycles. The molecular formula is C12H24OS. The van der Waals surface area contributed by atoms with E-state index in [1.165, 1.54) is 0 Å². The van der Waals surface area contributed by atoms with Crippen molar-refractivity contribution in [3.63, 3.8) is 0 Å². The van der Waals surface area contributed by atoms with Crippen LogP contribution in [0.25, 0.3) is 0 Å². The Morgan fingerprint density at radius 2 is 1.64 bits per heavy atom. The van der Waals surface area contributed by atoms with Gasteiger partial charge < -0.3 is 0 Å². The minimum absolute atomic E-state index is 0.0748. The monoisotopic (exact) mass is 216 g/mol. The standard InChI is InChI=1S/C12H24OS/c1-8(2)7-10(12(5,6)14)11(13)9(3)4/h8-10,14H,7H2,1-6H3. The van der Waals surface area contributed by atoms with Gasteiger partial charge >= 0.3 is 0 Å². The lowest BCUT2D eigenvalue weighted by Crippen LogP contribution is -2.35. The second-order valence-electron chi connectivity index (χ2n) is 5.39. The van der Waals surface area contributed by atoms with Crippen LogP contribution in [0.15, 0.2) is 0 Å². The van der Waals surface area contributed by atoms with E-state index in [2.05, 4.69) is 26.5 Å². The Balaban J connectivity index is 4.65. The molecular weight excluding hydrogens is 192 g/mol. The number of carbonyl (C=O) groups excluding carboxylic acids is 1. The van der Waals surface area contributed by atoms with E-state index in [0.29, 0.717) is 11.7 Å². The van der Waals surface area contributed by atoms with Gasteiger partial charge in [-0.2, -0.15) is 12.6 Å². The molecule has 0 aliphatic rings. The van der Waals surface area contributed by atoms with Gasteiger partial charge in [-0.15, -0.1) is 0 Å². The van der Waals surface area contributed by atoms with Crippen LogP contribution in [-0.2, 0) is 4.79 Å². The molecule has 1 unspecified atom stereocenters. The third-order valence-electron chi connectivity index (χ3n) is 2.47. The van der Waals surface area contributed by atoms with Crippen molar-refractivity contribution in [3.05, 3.63) is 0 Å². The van der Waals surface area contributed by atoms with E-state index in [4.69, 9.17) is 0 Å². The molecule has 84 valence electrons. The molecule has 0 aliphatic carbocycles. The van der Waals surface area contributed by atoms with E-state index >= 15 is 0 Å². The van der Waals surface area contributed by atoms with Crippen LogP contribution in [0.4, 0.5) is 0 Å². The molecule has 0 aromatic rings. The Labute approximate surface area is 94.1 Å². The van der Waals surface area contributed by atoms with Crippen molar-refractivity contribution < 1.29 is 4.79 Å². The lowest BCUT2D eigenvalue weighted by molar-refractivity contribution is -0.127. The SMILES string of the molecule is CC(C)CC(C(=O)C(C)C)C(C)(C)S. The fraction of sp³-hybridized carbons (Fsp3) is 0.917. The zero-order valence-corrected chi connectivity index (χ0v) is 11.2. The maximum Gasteiger partial charge on any atom is 0.139 e. The van der Waals surface area contributed by atoms with Crippen LogP contribution in [-0.4, -0.2) is 10.5 Å². The number of carbonyl (C=O) groups is 1. The zero-order valence-electron chi connectivity index (χ0n) is 10.3. The summed E-state index contributed by atoms with van der Waals surface area (Å²) in [5.41, 5.74) is 0. The Morgan fingerprint density at radius 1 is 1.21 bits per heavy atom. The number of ketones is 1. The summed E-state index contributed by atoms with van der Waals surface area (Å²) < 4.78 is -0.203. The fourth-order valence-corrected chi connectivity index (χ4v) is 1.86. The molecule has 0 spiro atoms. The van der Waals surface area contributed by atoms with Gasteiger partial charge in [-0.3, -0.25) is 4.79 Å². The molecule has 1 atom stereocenters. The average molecular weight is 216 g/mol. The molecule has 0 aliphatic heterocycles. The van der Waals surface area contributed by atoms with Gasteiger partial charge in [-0.1, -0.05) is 41.5 Å². The van der Waals surface area contributed by atoms with Crippen LogP contribution in [0.1, 0.15) is 48.0 Å². The molecule has 1 nitrogen and oxygen atoms in total. The minimum atomic E-state index is -0.203. The van der Waals surface area contributed by atoms with Crippen LogP contribution in [0, 0.1) is 17.8 Å². The van der Waals surface area contributed by atoms with E-state index in [1.54, 1.807) is 0 Å². The van der Waals surface area contributed by atoms with Gasteiger partial charge in [0.05, 0.1) is 0 Å². The van der Waals surface area contributed by atoms with Gasteiger partial charge in [0.15, 0.2) is 0 Å². The summed E-state index contributed by atoms with van der Waals surface area (Å²) in [4.78, 5) is 12.0. The van der Waals surface area contributed by atoms with E-state index in [9.17, 15) is 4.79 Å². The van der Waals surface area contributed by atoms with Crippen molar-refractivity contribution in [2.75, 3.05) is 0 Å². The van der Waals surface area contributed by atoms with E-state index in [-0.39, 0.29) is 16.6 Å². The maximum atomic E-state index is 12.0. The van der Waals surface area contributed by atoms with Gasteiger partial charge in [-0.25, -0.2) is 0 Å². The molecule has 0 amide bonds. The first-order chi connectivity index (χ1) is 6.16. The molecule has 0 aromatic heterocycles. The van der Waals surface area contributed by atoms with Crippen molar-refractivity contribution in [1.29, 1.82) is 0 Å². The second-order valence-corrected chi connectivity index (χ2v) is 6.55. The zero-order chi connectivity index (χ0) is 11.5. The Bertz CT molecular complexity index is 189. The van der Waals surface area contributed by atoms with Crippen molar-refractivity contribution in [1.82, 2.24) is 0 Å². The highest BCUT2D eigenvalue weighted by Crippen LogP contribution is 2.32. The molecule has 0 saturated heterocycles. The number of Topliss-reactive ketones (excluding diaryl/α,β-unsaturated/α-hetero) is 1. The molecule has 0 bridgehead atoms. The Kier molecular flexibility index (Phi) is 5.21. The number of rotatable bonds is 5. The van der Waals surface area contributed by atoms with Crippen molar-refractivity contribution in [2.45, 2.75) is 52.7 Å². The predicted octanol–water partition coefficient (Wildman–Crippen LogP) is 3.58. The summed E-state index contributed by atoms with van der Waals surface area (Å²) in [6.45, 7) is 12.3. The normalized spacial score (nSPS) is 14.9. The Hall–Kier alpha value is 0.0200. The number of thiol groups is 1. The second kappa shape index (κ2) is 5.20. The maximum absolute atomic E-state index is 12.0. The lowest BCUT2D eigenvalue weighted by atomic mass is 9.80. The van der Waals surface area contributed by atoms with Crippen molar-refractivity contribution in [2.24, 2.45) is 17.8 Å². The summed E-state index contributed by atoms with van der Waals surface area (Å²) >= 11 is 4.54. The van der Waals surface area contributed by atoms with Gasteiger partial charge in [0.2, 0.25) is 0 Å². The highest BCUT2D eigenvalue weighted by atomic mass is 32.1. The van der Waals surface area contributed by atoms with Gasteiger partial charge in [0, 0.05) is 16.6 Å². The van der Waals surface area contributed by atoms with Crippen molar-refractivity contribution >= 4 is 18.4 Å². The summed E-state index contributed by atoms with van der Waals surface area (Å²) in [5, 5.41) is 0. The summed E-state index contributed by atoms with van der Waals surface area (Å²) in [7, 11) is 0. The average Bonchev–Trinajstić information content (AvgIpc) is 1.96. The third-order valence-corrected chi connectivity index (χ3v) is 2.78. The molecule has 0 saturated carbocycles. The topological polar surface area (TPSA) is 17.1 Å². The molecule has 0 radical (unpaired) electrons. The van der Waals surface area contributed by atoms with Crippen LogP contribution in [0.2, 0.25) is 0 Å². The third kappa shape index (κ3) is 4.50. The molecule has 0 rings (SSSR count). The van der Waals surface area contributed by atoms with Gasteiger partial charge in [-0.05, 0) is 12.3 Å². The van der Waals surface area contributed by atoms with E-state index in [0.717, 1.165) is 6.42 Å². The first-order valence-electron chi connectivity index (χ1n) is 5.42. The number of hydrogen-bond acceptors (Lipinski definition) is 2. The molecule has 0 N–H and O–H groups in total. The smallest absolute Gasteiger partial charge is 0.139 e. The summed E-state index contributed by atoms with van der Waals surface area (Å²) in [5.74, 6) is 1.09. The summed E-state index contributed by atoms with van der Waals surface area (Å²) in [6.07, 6.45) is 0.938. The fourth-order valence-electron chi connectivity index (χ4n) is 1.63. The first-order valence-corrected chi connectivity index (χ1v) is 5.87. The first kappa shape index (κ1) is 14.0. The molecule has 0 heterocycles. The van der Waals surface area contributed by atoms with Crippen LogP contribution >= 0.6 is 12.6 Å². The number of hydrogen-bond donors (Lipinski definition) is 1. The molecule has 2 heteroatoms. The molecule has 14 heavy (non-hydrogen) atoms. The van der Waals surface area contributed by atoms with Gasteiger partial charge in [0.25, 0.3) is 0 Å². The van der Waals surface area contributed by atoms with E-state index < -0.39 is 0 Å². The molecule has 0 fully saturated rings. The van der Waals surface area contributed by atoms with Crippen molar-refractivity contribution in [3.8, 4) is 0 Å². The predicted molar refractivity (Wildman–Crippen MR) is 65.9 cm³/mol. The highest BCUT2D eigenvalue weighted by Gasteiger charge is 2.33. The highest BCUT2D eigenvalue weighted by molar-refractivity contribution is 7.81. The van der Waals surface area contributed by atoms with Crippen LogP contribution < -0.4 is 0 Å². The lowest BCUT2D eigenvalue weighted by Gasteiger charge is -2.31. The summed E-state index contributed by atoms with van der Waals surface area (Å²) in [6, 6.07) is 0. The van der Waals surface area contributed by atoms with Crippen LogP contribution in [0.5, 0.6) is 0 Å².